The Balaban J connectivity index is 2.22. The number of carbonyl (C=O) groups is 2. The molecule has 2 amide bonds. The summed E-state index contributed by atoms with van der Waals surface area (Å²) in [6.07, 6.45) is -0.661. The SMILES string of the molecule is CC(C)(C)OC(=O)N[C@H]1CN(C(C)(C)C)[C@](C[C@@H](O)[C@@H](N)Cc2ccccc2)(C(N)=O)C1. The van der Waals surface area contributed by atoms with Gasteiger partial charge in [-0.2, -0.15) is 0 Å². The second-order valence-electron chi connectivity index (χ2n) is 10.8. The third-order valence-electron chi connectivity index (χ3n) is 5.85. The molecule has 1 aromatic rings. The van der Waals surface area contributed by atoms with Crippen LogP contribution in [0.15, 0.2) is 30.3 Å². The summed E-state index contributed by atoms with van der Waals surface area (Å²) in [5, 5.41) is 13.9. The van der Waals surface area contributed by atoms with Crippen molar-refractivity contribution in [3.63, 3.8) is 0 Å². The predicted octanol–water partition coefficient (Wildman–Crippen LogP) is 1.93. The van der Waals surface area contributed by atoms with E-state index in [0.29, 0.717) is 13.0 Å². The minimum atomic E-state index is -1.15. The van der Waals surface area contributed by atoms with Gasteiger partial charge in [0.2, 0.25) is 5.91 Å². The zero-order valence-electron chi connectivity index (χ0n) is 20.2. The van der Waals surface area contributed by atoms with Gasteiger partial charge >= 0.3 is 6.09 Å². The van der Waals surface area contributed by atoms with Gasteiger partial charge in [-0.15, -0.1) is 0 Å². The lowest BCUT2D eigenvalue weighted by atomic mass is 9.82. The molecule has 0 aliphatic carbocycles. The molecule has 180 valence electrons. The van der Waals surface area contributed by atoms with Crippen LogP contribution >= 0.6 is 0 Å². The van der Waals surface area contributed by atoms with Crippen LogP contribution in [0.25, 0.3) is 0 Å². The minimum absolute atomic E-state index is 0.0834. The van der Waals surface area contributed by atoms with Crippen molar-refractivity contribution in [2.75, 3.05) is 6.54 Å². The van der Waals surface area contributed by atoms with E-state index in [4.69, 9.17) is 16.2 Å². The molecule has 0 aromatic heterocycles. The molecule has 2 rings (SSSR count). The average molecular weight is 449 g/mol. The molecule has 8 heteroatoms. The number of rotatable bonds is 7. The van der Waals surface area contributed by atoms with Gasteiger partial charge in [-0.3, -0.25) is 9.69 Å². The van der Waals surface area contributed by atoms with Crippen molar-refractivity contribution in [3.05, 3.63) is 35.9 Å². The van der Waals surface area contributed by atoms with Crippen molar-refractivity contribution < 1.29 is 19.4 Å². The number of alkyl carbamates (subject to hydrolysis) is 1. The van der Waals surface area contributed by atoms with Crippen LogP contribution in [0.1, 0.15) is 59.9 Å². The number of amides is 2. The molecule has 0 radical (unpaired) electrons. The van der Waals surface area contributed by atoms with E-state index in [9.17, 15) is 14.7 Å². The average Bonchev–Trinajstić information content (AvgIpc) is 3.00. The van der Waals surface area contributed by atoms with Crippen LogP contribution in [0, 0.1) is 0 Å². The Bertz CT molecular complexity index is 787. The molecule has 6 N–H and O–H groups in total. The molecule has 1 aliphatic heterocycles. The third-order valence-corrected chi connectivity index (χ3v) is 5.85. The van der Waals surface area contributed by atoms with Gasteiger partial charge < -0.3 is 26.6 Å². The fraction of sp³-hybridized carbons (Fsp3) is 0.667. The van der Waals surface area contributed by atoms with Crippen LogP contribution in [0.2, 0.25) is 0 Å². The lowest BCUT2D eigenvalue weighted by molar-refractivity contribution is -0.134. The van der Waals surface area contributed by atoms with Crippen LogP contribution in [0.5, 0.6) is 0 Å². The summed E-state index contributed by atoms with van der Waals surface area (Å²) in [6, 6.07) is 8.75. The Morgan fingerprint density at radius 2 is 1.81 bits per heavy atom. The van der Waals surface area contributed by atoms with Crippen molar-refractivity contribution in [2.24, 2.45) is 11.5 Å². The van der Waals surface area contributed by atoms with E-state index in [2.05, 4.69) is 5.32 Å². The molecule has 0 saturated carbocycles. The maximum absolute atomic E-state index is 12.8. The van der Waals surface area contributed by atoms with Crippen molar-refractivity contribution in [3.8, 4) is 0 Å². The number of ether oxygens (including phenoxy) is 1. The summed E-state index contributed by atoms with van der Waals surface area (Å²) in [7, 11) is 0. The molecule has 32 heavy (non-hydrogen) atoms. The topological polar surface area (TPSA) is 131 Å². The summed E-state index contributed by atoms with van der Waals surface area (Å²) < 4.78 is 5.38. The van der Waals surface area contributed by atoms with E-state index in [0.717, 1.165) is 5.56 Å². The van der Waals surface area contributed by atoms with Crippen LogP contribution in [-0.2, 0) is 16.0 Å². The highest BCUT2D eigenvalue weighted by Crippen LogP contribution is 2.39. The molecule has 1 aliphatic rings. The first kappa shape index (κ1) is 26.1. The summed E-state index contributed by atoms with van der Waals surface area (Å²) in [4.78, 5) is 27.2. The summed E-state index contributed by atoms with van der Waals surface area (Å²) >= 11 is 0. The summed E-state index contributed by atoms with van der Waals surface area (Å²) in [5.74, 6) is -0.535. The van der Waals surface area contributed by atoms with E-state index in [1.54, 1.807) is 20.8 Å². The van der Waals surface area contributed by atoms with Crippen LogP contribution in [0.4, 0.5) is 4.79 Å². The maximum Gasteiger partial charge on any atom is 0.407 e. The van der Waals surface area contributed by atoms with E-state index in [-0.39, 0.29) is 18.9 Å². The lowest BCUT2D eigenvalue weighted by Crippen LogP contribution is -2.62. The van der Waals surface area contributed by atoms with Crippen LogP contribution in [-0.4, -0.2) is 63.4 Å². The number of nitrogens with two attached hydrogens (primary N) is 2. The first-order valence-electron chi connectivity index (χ1n) is 11.2. The Morgan fingerprint density at radius 1 is 1.22 bits per heavy atom. The molecule has 1 heterocycles. The van der Waals surface area contributed by atoms with E-state index < -0.39 is 40.8 Å². The largest absolute Gasteiger partial charge is 0.444 e. The fourth-order valence-corrected chi connectivity index (χ4v) is 4.51. The molecular weight excluding hydrogens is 408 g/mol. The second kappa shape index (κ2) is 9.77. The number of nitrogens with one attached hydrogen (secondary N) is 1. The van der Waals surface area contributed by atoms with Gasteiger partial charge in [0.15, 0.2) is 0 Å². The van der Waals surface area contributed by atoms with Gasteiger partial charge in [0, 0.05) is 30.6 Å². The Morgan fingerprint density at radius 3 is 2.31 bits per heavy atom. The molecule has 8 nitrogen and oxygen atoms in total. The van der Waals surface area contributed by atoms with E-state index in [1.807, 2.05) is 56.0 Å². The van der Waals surface area contributed by atoms with Gasteiger partial charge in [-0.25, -0.2) is 4.79 Å². The molecule has 0 spiro atoms. The molecule has 0 bridgehead atoms. The number of primary amides is 1. The van der Waals surface area contributed by atoms with Gasteiger partial charge in [-0.1, -0.05) is 30.3 Å². The van der Waals surface area contributed by atoms with Crippen molar-refractivity contribution >= 4 is 12.0 Å². The number of hydrogen-bond donors (Lipinski definition) is 4. The molecule has 0 unspecified atom stereocenters. The highest BCUT2D eigenvalue weighted by atomic mass is 16.6. The maximum atomic E-state index is 12.8. The highest BCUT2D eigenvalue weighted by Gasteiger charge is 2.55. The van der Waals surface area contributed by atoms with Gasteiger partial charge in [0.1, 0.15) is 11.1 Å². The smallest absolute Gasteiger partial charge is 0.407 e. The van der Waals surface area contributed by atoms with Crippen molar-refractivity contribution in [2.45, 2.75) is 95.7 Å². The highest BCUT2D eigenvalue weighted by molar-refractivity contribution is 5.85. The molecule has 4 atom stereocenters. The Kier molecular flexibility index (Phi) is 7.96. The summed E-state index contributed by atoms with van der Waals surface area (Å²) in [5.41, 5.74) is 11.1. The first-order chi connectivity index (χ1) is 14.6. The normalized spacial score (nSPS) is 24.1. The minimum Gasteiger partial charge on any atom is -0.444 e. The molecule has 1 fully saturated rings. The number of aliphatic hydroxyl groups excluding tert-OH is 1. The summed E-state index contributed by atoms with van der Waals surface area (Å²) in [6.45, 7) is 11.7. The van der Waals surface area contributed by atoms with E-state index in [1.165, 1.54) is 0 Å². The number of hydrogen-bond acceptors (Lipinski definition) is 6. The standard InChI is InChI=1S/C24H40N4O4/c1-22(2,3)28-15-17(27-21(31)32-23(4,5)6)13-24(28,20(26)30)14-19(29)18(25)12-16-10-8-7-9-11-16/h7-11,17-19,29H,12-15,25H2,1-6H3,(H2,26,30)(H,27,31)/t17-,18+,19-,24-/m1/s1. The van der Waals surface area contributed by atoms with Crippen molar-refractivity contribution in [1.29, 1.82) is 0 Å². The quantitative estimate of drug-likeness (QED) is 0.504. The number of carbonyl (C=O) groups excluding carboxylic acids is 2. The second-order valence-corrected chi connectivity index (χ2v) is 10.8. The van der Waals surface area contributed by atoms with Crippen LogP contribution in [0.3, 0.4) is 0 Å². The number of nitrogens with zero attached hydrogens (tertiary/aromatic N) is 1. The monoisotopic (exact) mass is 448 g/mol. The van der Waals surface area contributed by atoms with Gasteiger partial charge in [0.25, 0.3) is 0 Å². The predicted molar refractivity (Wildman–Crippen MR) is 125 cm³/mol. The van der Waals surface area contributed by atoms with Gasteiger partial charge in [0.05, 0.1) is 6.10 Å². The zero-order chi connectivity index (χ0) is 24.3. The Hall–Kier alpha value is -2.16. The van der Waals surface area contributed by atoms with Gasteiger partial charge in [-0.05, 0) is 59.9 Å². The number of benzene rings is 1. The van der Waals surface area contributed by atoms with E-state index >= 15 is 0 Å². The third kappa shape index (κ3) is 6.67. The zero-order valence-corrected chi connectivity index (χ0v) is 20.2. The Labute approximate surface area is 191 Å². The number of aliphatic hydroxyl groups is 1. The molecular formula is C24H40N4O4. The lowest BCUT2D eigenvalue weighted by Gasteiger charge is -2.45. The first-order valence-corrected chi connectivity index (χ1v) is 11.2. The number of likely N-dealkylation sites (tertiary alicyclic amines) is 1. The van der Waals surface area contributed by atoms with Crippen molar-refractivity contribution in [1.82, 2.24) is 10.2 Å². The fourth-order valence-electron chi connectivity index (χ4n) is 4.51. The molecule has 1 aromatic carbocycles. The molecule has 1 saturated heterocycles. The van der Waals surface area contributed by atoms with Crippen LogP contribution < -0.4 is 16.8 Å².